The van der Waals surface area contributed by atoms with Crippen LogP contribution in [0.15, 0.2) is 0 Å². The molecule has 1 fully saturated rings. The van der Waals surface area contributed by atoms with Gasteiger partial charge in [0.05, 0.1) is 6.61 Å². The molecule has 1 aromatic rings. The van der Waals surface area contributed by atoms with E-state index in [9.17, 15) is 4.79 Å². The minimum absolute atomic E-state index is 0.0705. The van der Waals surface area contributed by atoms with E-state index in [1.54, 1.807) is 4.68 Å². The van der Waals surface area contributed by atoms with Crippen molar-refractivity contribution in [1.29, 1.82) is 0 Å². The van der Waals surface area contributed by atoms with Gasteiger partial charge in [0.15, 0.2) is 5.69 Å². The van der Waals surface area contributed by atoms with Gasteiger partial charge in [0.25, 0.3) is 5.91 Å². The number of fused-ring (bicyclic) bond motifs is 1. The molecule has 2 atom stereocenters. The molecule has 1 saturated heterocycles. The van der Waals surface area contributed by atoms with E-state index in [1.807, 2.05) is 4.90 Å². The van der Waals surface area contributed by atoms with Crippen LogP contribution in [0.1, 0.15) is 37.2 Å². The number of rotatable bonds is 1. The average molecular weight is 298 g/mol. The molecule has 0 spiro atoms. The van der Waals surface area contributed by atoms with Crippen LogP contribution in [0.25, 0.3) is 0 Å². The van der Waals surface area contributed by atoms with Crippen molar-refractivity contribution < 1.29 is 9.53 Å². The van der Waals surface area contributed by atoms with E-state index < -0.39 is 0 Å². The van der Waals surface area contributed by atoms with Crippen molar-refractivity contribution in [3.05, 3.63) is 10.7 Å². The molecule has 0 radical (unpaired) electrons. The summed E-state index contributed by atoms with van der Waals surface area (Å²) in [5.74, 6) is 1.52. The molecule has 2 aliphatic rings. The topological polar surface area (TPSA) is 47.4 Å². The van der Waals surface area contributed by atoms with Gasteiger partial charge in [0, 0.05) is 26.1 Å². The number of carbonyl (C=O) groups excluding carboxylic acids is 1. The summed E-state index contributed by atoms with van der Waals surface area (Å²) in [5, 5.41) is 4.71. The summed E-state index contributed by atoms with van der Waals surface area (Å²) in [6, 6.07) is 0. The number of carbonyl (C=O) groups is 1. The molecule has 0 aliphatic carbocycles. The van der Waals surface area contributed by atoms with Crippen LogP contribution in [0.5, 0.6) is 5.88 Å². The third kappa shape index (κ3) is 2.39. The first kappa shape index (κ1) is 13.7. The Morgan fingerprint density at radius 2 is 2.05 bits per heavy atom. The lowest BCUT2D eigenvalue weighted by molar-refractivity contribution is 0.0616. The predicted molar refractivity (Wildman–Crippen MR) is 76.2 cm³/mol. The fourth-order valence-electron chi connectivity index (χ4n) is 3.21. The largest absolute Gasteiger partial charge is 0.477 e. The second-order valence-corrected chi connectivity index (χ2v) is 6.43. The van der Waals surface area contributed by atoms with Gasteiger partial charge in [0.1, 0.15) is 5.02 Å². The molecular weight excluding hydrogens is 278 g/mol. The summed E-state index contributed by atoms with van der Waals surface area (Å²) in [5.41, 5.74) is 0.338. The summed E-state index contributed by atoms with van der Waals surface area (Å²) in [7, 11) is 0. The van der Waals surface area contributed by atoms with Gasteiger partial charge in [-0.05, 0) is 18.3 Å². The predicted octanol–water partition coefficient (Wildman–Crippen LogP) is 2.44. The number of aromatic nitrogens is 2. The lowest BCUT2D eigenvalue weighted by atomic mass is 9.92. The molecule has 0 N–H and O–H groups in total. The average Bonchev–Trinajstić information content (AvgIpc) is 2.75. The zero-order valence-electron chi connectivity index (χ0n) is 11.9. The van der Waals surface area contributed by atoms with Crippen molar-refractivity contribution in [2.45, 2.75) is 33.2 Å². The van der Waals surface area contributed by atoms with Crippen molar-refractivity contribution in [2.75, 3.05) is 19.7 Å². The van der Waals surface area contributed by atoms with Crippen LogP contribution in [0.4, 0.5) is 0 Å². The smallest absolute Gasteiger partial charge is 0.276 e. The molecule has 6 heteroatoms. The van der Waals surface area contributed by atoms with Crippen LogP contribution in [-0.2, 0) is 6.54 Å². The Labute approximate surface area is 123 Å². The molecule has 1 aromatic heterocycles. The van der Waals surface area contributed by atoms with Crippen LogP contribution in [-0.4, -0.2) is 40.3 Å². The Morgan fingerprint density at radius 3 is 2.70 bits per heavy atom. The maximum Gasteiger partial charge on any atom is 0.276 e. The van der Waals surface area contributed by atoms with Crippen molar-refractivity contribution in [2.24, 2.45) is 11.8 Å². The lowest BCUT2D eigenvalue weighted by Crippen LogP contribution is -2.42. The van der Waals surface area contributed by atoms with E-state index >= 15 is 0 Å². The van der Waals surface area contributed by atoms with Gasteiger partial charge in [-0.15, -0.1) is 0 Å². The van der Waals surface area contributed by atoms with Crippen LogP contribution >= 0.6 is 11.6 Å². The highest BCUT2D eigenvalue weighted by Gasteiger charge is 2.31. The van der Waals surface area contributed by atoms with Crippen molar-refractivity contribution in [3.63, 3.8) is 0 Å². The van der Waals surface area contributed by atoms with E-state index in [4.69, 9.17) is 16.3 Å². The van der Waals surface area contributed by atoms with E-state index in [2.05, 4.69) is 18.9 Å². The van der Waals surface area contributed by atoms with Gasteiger partial charge < -0.3 is 9.64 Å². The van der Waals surface area contributed by atoms with Gasteiger partial charge in [-0.25, -0.2) is 4.68 Å². The first-order chi connectivity index (χ1) is 9.56. The van der Waals surface area contributed by atoms with Crippen LogP contribution in [0.2, 0.25) is 5.02 Å². The van der Waals surface area contributed by atoms with Crippen molar-refractivity contribution in [3.8, 4) is 5.88 Å². The number of aryl methyl sites for hydroxylation is 1. The number of amides is 1. The molecule has 5 nitrogen and oxygen atoms in total. The fourth-order valence-corrected chi connectivity index (χ4v) is 3.48. The molecule has 3 rings (SSSR count). The van der Waals surface area contributed by atoms with Gasteiger partial charge in [-0.2, -0.15) is 5.10 Å². The molecular formula is C14H20ClN3O2. The second kappa shape index (κ2) is 5.28. The van der Waals surface area contributed by atoms with E-state index in [0.717, 1.165) is 26.1 Å². The van der Waals surface area contributed by atoms with Gasteiger partial charge in [-0.3, -0.25) is 4.79 Å². The molecule has 2 unspecified atom stereocenters. The fraction of sp³-hybridized carbons (Fsp3) is 0.714. The molecule has 110 valence electrons. The minimum Gasteiger partial charge on any atom is -0.477 e. The standard InChI is InChI=1S/C14H20ClN3O2/c1-9-6-10(2)8-17(7-9)13(19)12-11(15)14-18(16-12)4-3-5-20-14/h9-10H,3-8H2,1-2H3. The maximum atomic E-state index is 12.6. The highest BCUT2D eigenvalue weighted by atomic mass is 35.5. The minimum atomic E-state index is -0.0705. The zero-order valence-corrected chi connectivity index (χ0v) is 12.7. The van der Waals surface area contributed by atoms with Crippen LogP contribution in [0, 0.1) is 11.8 Å². The summed E-state index contributed by atoms with van der Waals surface area (Å²) in [6.07, 6.45) is 2.07. The third-order valence-electron chi connectivity index (χ3n) is 3.96. The monoisotopic (exact) mass is 297 g/mol. The summed E-state index contributed by atoms with van der Waals surface area (Å²) in [4.78, 5) is 14.5. The first-order valence-corrected chi connectivity index (χ1v) is 7.62. The Balaban J connectivity index is 1.85. The molecule has 0 aromatic carbocycles. The summed E-state index contributed by atoms with van der Waals surface area (Å²) >= 11 is 6.27. The molecule has 1 amide bonds. The molecule has 0 bridgehead atoms. The maximum absolute atomic E-state index is 12.6. The molecule has 20 heavy (non-hydrogen) atoms. The lowest BCUT2D eigenvalue weighted by Gasteiger charge is -2.34. The SMILES string of the molecule is CC1CC(C)CN(C(=O)c2nn3c(c2Cl)OCCC3)C1. The normalized spacial score (nSPS) is 26.1. The van der Waals surface area contributed by atoms with E-state index in [1.165, 1.54) is 6.42 Å². The number of halogens is 1. The van der Waals surface area contributed by atoms with E-state index in [0.29, 0.717) is 35.0 Å². The Morgan fingerprint density at radius 1 is 1.35 bits per heavy atom. The molecule has 2 aliphatic heterocycles. The number of ether oxygens (including phenoxy) is 1. The number of hydrogen-bond donors (Lipinski definition) is 0. The number of nitrogens with zero attached hydrogens (tertiary/aromatic N) is 3. The van der Waals surface area contributed by atoms with Gasteiger partial charge in [-0.1, -0.05) is 25.4 Å². The van der Waals surface area contributed by atoms with Crippen LogP contribution in [0.3, 0.4) is 0 Å². The summed E-state index contributed by atoms with van der Waals surface area (Å²) < 4.78 is 7.22. The quantitative estimate of drug-likeness (QED) is 0.800. The summed E-state index contributed by atoms with van der Waals surface area (Å²) in [6.45, 7) is 7.31. The second-order valence-electron chi connectivity index (χ2n) is 6.05. The Hall–Kier alpha value is -1.23. The van der Waals surface area contributed by atoms with E-state index in [-0.39, 0.29) is 5.91 Å². The van der Waals surface area contributed by atoms with Gasteiger partial charge in [0.2, 0.25) is 5.88 Å². The van der Waals surface area contributed by atoms with Crippen molar-refractivity contribution in [1.82, 2.24) is 14.7 Å². The molecule has 3 heterocycles. The first-order valence-electron chi connectivity index (χ1n) is 7.24. The number of piperidine rings is 1. The zero-order chi connectivity index (χ0) is 14.3. The molecule has 0 saturated carbocycles. The highest BCUT2D eigenvalue weighted by molar-refractivity contribution is 6.34. The highest BCUT2D eigenvalue weighted by Crippen LogP contribution is 2.32. The third-order valence-corrected chi connectivity index (χ3v) is 4.30. The Kier molecular flexibility index (Phi) is 3.63. The number of likely N-dealkylation sites (tertiary alicyclic amines) is 1. The van der Waals surface area contributed by atoms with Crippen molar-refractivity contribution >= 4 is 17.5 Å². The van der Waals surface area contributed by atoms with Crippen LogP contribution < -0.4 is 4.74 Å². The Bertz CT molecular complexity index is 519. The number of hydrogen-bond acceptors (Lipinski definition) is 3. The van der Waals surface area contributed by atoms with Gasteiger partial charge >= 0.3 is 0 Å².